The molecule has 0 bridgehead atoms. The number of rotatable bonds is 4. The SMILES string of the molecule is CC1CC(C)CC(C(=O)CSc2ccccc2)C1. The quantitative estimate of drug-likeness (QED) is 0.747. The molecular formula is C16H22OS. The Hall–Kier alpha value is -0.760. The van der Waals surface area contributed by atoms with E-state index in [9.17, 15) is 4.79 Å². The van der Waals surface area contributed by atoms with Crippen molar-refractivity contribution in [2.45, 2.75) is 38.0 Å². The number of thioether (sulfide) groups is 1. The molecule has 2 rings (SSSR count). The molecule has 1 aliphatic rings. The summed E-state index contributed by atoms with van der Waals surface area (Å²) in [7, 11) is 0. The van der Waals surface area contributed by atoms with Crippen LogP contribution in [0, 0.1) is 17.8 Å². The minimum absolute atomic E-state index is 0.306. The molecule has 0 heterocycles. The van der Waals surface area contributed by atoms with Crippen LogP contribution in [0.1, 0.15) is 33.1 Å². The molecule has 0 N–H and O–H groups in total. The van der Waals surface area contributed by atoms with Crippen molar-refractivity contribution in [2.75, 3.05) is 5.75 Å². The van der Waals surface area contributed by atoms with E-state index in [1.807, 2.05) is 18.2 Å². The highest BCUT2D eigenvalue weighted by molar-refractivity contribution is 8.00. The maximum Gasteiger partial charge on any atom is 0.146 e. The highest BCUT2D eigenvalue weighted by atomic mass is 32.2. The summed E-state index contributed by atoms with van der Waals surface area (Å²) < 4.78 is 0. The summed E-state index contributed by atoms with van der Waals surface area (Å²) in [4.78, 5) is 13.4. The fourth-order valence-electron chi connectivity index (χ4n) is 3.00. The van der Waals surface area contributed by atoms with Crippen LogP contribution in [0.4, 0.5) is 0 Å². The summed E-state index contributed by atoms with van der Waals surface area (Å²) in [5, 5.41) is 0. The van der Waals surface area contributed by atoms with Gasteiger partial charge in [-0.25, -0.2) is 0 Å². The van der Waals surface area contributed by atoms with Crippen molar-refractivity contribution >= 4 is 17.5 Å². The van der Waals surface area contributed by atoms with Gasteiger partial charge in [-0.2, -0.15) is 0 Å². The van der Waals surface area contributed by atoms with Crippen LogP contribution in [-0.2, 0) is 4.79 Å². The lowest BCUT2D eigenvalue weighted by Crippen LogP contribution is -2.27. The van der Waals surface area contributed by atoms with Crippen LogP contribution < -0.4 is 0 Å². The van der Waals surface area contributed by atoms with E-state index in [-0.39, 0.29) is 0 Å². The van der Waals surface area contributed by atoms with E-state index in [1.165, 1.54) is 11.3 Å². The third-order valence-electron chi connectivity index (χ3n) is 3.76. The molecule has 0 aliphatic heterocycles. The minimum Gasteiger partial charge on any atom is -0.298 e. The molecule has 1 aromatic carbocycles. The summed E-state index contributed by atoms with van der Waals surface area (Å²) in [5.74, 6) is 2.81. The topological polar surface area (TPSA) is 17.1 Å². The lowest BCUT2D eigenvalue weighted by Gasteiger charge is -2.30. The molecule has 0 saturated heterocycles. The van der Waals surface area contributed by atoms with Crippen LogP contribution in [0.2, 0.25) is 0 Å². The molecule has 2 heteroatoms. The highest BCUT2D eigenvalue weighted by Gasteiger charge is 2.28. The minimum atomic E-state index is 0.306. The van der Waals surface area contributed by atoms with Gasteiger partial charge >= 0.3 is 0 Å². The lowest BCUT2D eigenvalue weighted by molar-refractivity contribution is -0.122. The molecule has 1 fully saturated rings. The van der Waals surface area contributed by atoms with Crippen molar-refractivity contribution in [1.82, 2.24) is 0 Å². The molecular weight excluding hydrogens is 240 g/mol. The third kappa shape index (κ3) is 3.88. The molecule has 0 aromatic heterocycles. The smallest absolute Gasteiger partial charge is 0.146 e. The van der Waals surface area contributed by atoms with E-state index >= 15 is 0 Å². The largest absolute Gasteiger partial charge is 0.298 e. The second kappa shape index (κ2) is 6.42. The van der Waals surface area contributed by atoms with E-state index in [1.54, 1.807) is 11.8 Å². The van der Waals surface area contributed by atoms with Gasteiger partial charge in [0.2, 0.25) is 0 Å². The van der Waals surface area contributed by atoms with E-state index < -0.39 is 0 Å². The van der Waals surface area contributed by atoms with E-state index in [0.717, 1.165) is 12.8 Å². The van der Waals surface area contributed by atoms with Gasteiger partial charge in [0.05, 0.1) is 5.75 Å². The highest BCUT2D eigenvalue weighted by Crippen LogP contribution is 2.34. The van der Waals surface area contributed by atoms with Crippen LogP contribution in [0.15, 0.2) is 35.2 Å². The van der Waals surface area contributed by atoms with Crippen molar-refractivity contribution in [3.63, 3.8) is 0 Å². The molecule has 2 atom stereocenters. The van der Waals surface area contributed by atoms with Gasteiger partial charge in [-0.05, 0) is 43.2 Å². The Labute approximate surface area is 114 Å². The Morgan fingerprint density at radius 1 is 1.11 bits per heavy atom. The summed E-state index contributed by atoms with van der Waals surface area (Å²) >= 11 is 1.68. The van der Waals surface area contributed by atoms with Gasteiger partial charge in [0.1, 0.15) is 5.78 Å². The predicted octanol–water partition coefficient (Wildman–Crippen LogP) is 4.42. The van der Waals surface area contributed by atoms with Crippen LogP contribution in [0.25, 0.3) is 0 Å². The van der Waals surface area contributed by atoms with Gasteiger partial charge in [0.15, 0.2) is 0 Å². The monoisotopic (exact) mass is 262 g/mol. The van der Waals surface area contributed by atoms with Crippen LogP contribution in [0.5, 0.6) is 0 Å². The molecule has 1 aliphatic carbocycles. The zero-order chi connectivity index (χ0) is 13.0. The van der Waals surface area contributed by atoms with Crippen molar-refractivity contribution in [3.8, 4) is 0 Å². The Morgan fingerprint density at radius 3 is 2.33 bits per heavy atom. The maximum absolute atomic E-state index is 12.2. The molecule has 1 saturated carbocycles. The first-order valence-corrected chi connectivity index (χ1v) is 7.84. The second-order valence-corrected chi connectivity index (χ2v) is 6.73. The van der Waals surface area contributed by atoms with Gasteiger partial charge in [-0.3, -0.25) is 4.79 Å². The van der Waals surface area contributed by atoms with E-state index in [0.29, 0.717) is 29.3 Å². The zero-order valence-electron chi connectivity index (χ0n) is 11.3. The average Bonchev–Trinajstić information content (AvgIpc) is 2.36. The van der Waals surface area contributed by atoms with Gasteiger partial charge in [-0.1, -0.05) is 32.0 Å². The number of carbonyl (C=O) groups is 1. The molecule has 2 unspecified atom stereocenters. The average molecular weight is 262 g/mol. The standard InChI is InChI=1S/C16H22OS/c1-12-8-13(2)10-14(9-12)16(17)11-18-15-6-4-3-5-7-15/h3-7,12-14H,8-11H2,1-2H3. The Morgan fingerprint density at radius 2 is 1.72 bits per heavy atom. The van der Waals surface area contributed by atoms with Crippen LogP contribution >= 0.6 is 11.8 Å². The Kier molecular flexibility index (Phi) is 4.87. The van der Waals surface area contributed by atoms with Crippen molar-refractivity contribution in [3.05, 3.63) is 30.3 Å². The van der Waals surface area contributed by atoms with Crippen molar-refractivity contribution in [2.24, 2.45) is 17.8 Å². The third-order valence-corrected chi connectivity index (χ3v) is 4.79. The summed E-state index contributed by atoms with van der Waals surface area (Å²) in [6.45, 7) is 4.56. The first-order valence-electron chi connectivity index (χ1n) is 6.85. The van der Waals surface area contributed by atoms with E-state index in [4.69, 9.17) is 0 Å². The zero-order valence-corrected chi connectivity index (χ0v) is 12.1. The summed E-state index contributed by atoms with van der Waals surface area (Å²) in [5.41, 5.74) is 0. The van der Waals surface area contributed by atoms with Crippen molar-refractivity contribution in [1.29, 1.82) is 0 Å². The lowest BCUT2D eigenvalue weighted by atomic mass is 9.75. The maximum atomic E-state index is 12.2. The fraction of sp³-hybridized carbons (Fsp3) is 0.562. The Bertz CT molecular complexity index is 377. The van der Waals surface area contributed by atoms with Crippen molar-refractivity contribution < 1.29 is 4.79 Å². The predicted molar refractivity (Wildman–Crippen MR) is 77.8 cm³/mol. The number of ketones is 1. The molecule has 18 heavy (non-hydrogen) atoms. The summed E-state index contributed by atoms with van der Waals surface area (Å²) in [6.07, 6.45) is 3.48. The van der Waals surface area contributed by atoms with E-state index in [2.05, 4.69) is 26.0 Å². The van der Waals surface area contributed by atoms with Gasteiger partial charge < -0.3 is 0 Å². The van der Waals surface area contributed by atoms with Crippen LogP contribution in [0.3, 0.4) is 0 Å². The Balaban J connectivity index is 1.84. The molecule has 0 amide bonds. The number of carbonyl (C=O) groups excluding carboxylic acids is 1. The number of benzene rings is 1. The molecule has 0 radical (unpaired) electrons. The molecule has 1 aromatic rings. The molecule has 98 valence electrons. The van der Waals surface area contributed by atoms with Gasteiger partial charge in [-0.15, -0.1) is 11.8 Å². The molecule has 0 spiro atoms. The number of hydrogen-bond donors (Lipinski definition) is 0. The summed E-state index contributed by atoms with van der Waals surface area (Å²) in [6, 6.07) is 10.2. The second-order valence-electron chi connectivity index (χ2n) is 5.68. The van der Waals surface area contributed by atoms with Gasteiger partial charge in [0, 0.05) is 10.8 Å². The molecule has 1 nitrogen and oxygen atoms in total. The fourth-order valence-corrected chi connectivity index (χ4v) is 3.89. The normalized spacial score (nSPS) is 28.0. The first kappa shape index (κ1) is 13.7. The van der Waals surface area contributed by atoms with Crippen LogP contribution in [-0.4, -0.2) is 11.5 Å². The number of hydrogen-bond acceptors (Lipinski definition) is 2. The first-order chi connectivity index (χ1) is 8.65. The number of Topliss-reactive ketones (excluding diaryl/α,β-unsaturated/α-hetero) is 1. The van der Waals surface area contributed by atoms with Gasteiger partial charge in [0.25, 0.3) is 0 Å².